The molecule has 0 unspecified atom stereocenters. The Morgan fingerprint density at radius 3 is 3.00 bits per heavy atom. The quantitative estimate of drug-likeness (QED) is 0.591. The van der Waals surface area contributed by atoms with E-state index in [1.54, 1.807) is 23.1 Å². The molecule has 0 fully saturated rings. The Morgan fingerprint density at radius 1 is 1.47 bits per heavy atom. The number of nitrogens with two attached hydrogens (primary N) is 1. The molecular formula is C8H9ClN6. The number of hydrazine groups is 1. The number of hydrogen-bond donors (Lipinski definition) is 2. The third-order valence-electron chi connectivity index (χ3n) is 1.84. The van der Waals surface area contributed by atoms with Gasteiger partial charge in [-0.25, -0.2) is 20.5 Å². The minimum Gasteiger partial charge on any atom is -0.308 e. The van der Waals surface area contributed by atoms with Crippen LogP contribution in [-0.2, 0) is 6.54 Å². The average molecular weight is 225 g/mol. The lowest BCUT2D eigenvalue weighted by molar-refractivity contribution is 0.671. The van der Waals surface area contributed by atoms with Crippen LogP contribution in [0, 0.1) is 0 Å². The molecule has 78 valence electrons. The summed E-state index contributed by atoms with van der Waals surface area (Å²) in [7, 11) is 0. The molecule has 0 bridgehead atoms. The van der Waals surface area contributed by atoms with Crippen molar-refractivity contribution in [2.45, 2.75) is 6.54 Å². The van der Waals surface area contributed by atoms with Gasteiger partial charge in [0.2, 0.25) is 0 Å². The van der Waals surface area contributed by atoms with Crippen LogP contribution in [0.2, 0.25) is 5.02 Å². The summed E-state index contributed by atoms with van der Waals surface area (Å²) in [4.78, 5) is 8.04. The van der Waals surface area contributed by atoms with Gasteiger partial charge < -0.3 is 5.43 Å². The molecule has 3 N–H and O–H groups in total. The molecule has 0 aliphatic carbocycles. The summed E-state index contributed by atoms with van der Waals surface area (Å²) in [5.41, 5.74) is 3.15. The summed E-state index contributed by atoms with van der Waals surface area (Å²) < 4.78 is 1.63. The number of halogens is 1. The van der Waals surface area contributed by atoms with Crippen LogP contribution >= 0.6 is 11.6 Å². The average Bonchev–Trinajstić information content (AvgIpc) is 2.74. The van der Waals surface area contributed by atoms with Crippen molar-refractivity contribution in [3.05, 3.63) is 35.5 Å². The minimum absolute atomic E-state index is 0.467. The highest BCUT2D eigenvalue weighted by molar-refractivity contribution is 6.31. The third kappa shape index (κ3) is 2.23. The van der Waals surface area contributed by atoms with E-state index >= 15 is 0 Å². The molecule has 15 heavy (non-hydrogen) atoms. The highest BCUT2D eigenvalue weighted by Crippen LogP contribution is 2.16. The van der Waals surface area contributed by atoms with E-state index in [1.807, 2.05) is 0 Å². The zero-order valence-electron chi connectivity index (χ0n) is 7.76. The Kier molecular flexibility index (Phi) is 2.79. The van der Waals surface area contributed by atoms with E-state index in [4.69, 9.17) is 17.4 Å². The van der Waals surface area contributed by atoms with E-state index in [0.717, 1.165) is 0 Å². The highest BCUT2D eigenvalue weighted by atomic mass is 35.5. The van der Waals surface area contributed by atoms with Crippen molar-refractivity contribution in [2.75, 3.05) is 5.43 Å². The fourth-order valence-electron chi connectivity index (χ4n) is 1.14. The molecule has 0 atom stereocenters. The molecule has 0 radical (unpaired) electrons. The van der Waals surface area contributed by atoms with Crippen molar-refractivity contribution in [1.82, 2.24) is 19.7 Å². The van der Waals surface area contributed by atoms with Gasteiger partial charge in [-0.05, 0) is 12.1 Å². The maximum Gasteiger partial charge on any atom is 0.140 e. The van der Waals surface area contributed by atoms with Gasteiger partial charge >= 0.3 is 0 Å². The minimum atomic E-state index is 0.467. The second-order valence-corrected chi connectivity index (χ2v) is 3.27. The second kappa shape index (κ2) is 4.24. The Morgan fingerprint density at radius 2 is 2.33 bits per heavy atom. The molecule has 0 aliphatic heterocycles. The molecule has 0 amide bonds. The first kappa shape index (κ1) is 9.88. The van der Waals surface area contributed by atoms with E-state index in [1.165, 1.54) is 6.33 Å². The van der Waals surface area contributed by atoms with Gasteiger partial charge in [-0.2, -0.15) is 5.10 Å². The van der Waals surface area contributed by atoms with Crippen molar-refractivity contribution in [2.24, 2.45) is 5.84 Å². The number of anilines is 1. The Balaban J connectivity index is 2.27. The lowest BCUT2D eigenvalue weighted by Gasteiger charge is -2.05. The normalized spacial score (nSPS) is 10.3. The Hall–Kier alpha value is -1.66. The van der Waals surface area contributed by atoms with Crippen LogP contribution in [0.1, 0.15) is 5.69 Å². The SMILES string of the molecule is NNc1ccc(Cl)c(Cn2cncn2)n1. The van der Waals surface area contributed by atoms with E-state index in [2.05, 4.69) is 20.5 Å². The van der Waals surface area contributed by atoms with Crippen LogP contribution in [0.25, 0.3) is 0 Å². The number of hydrogen-bond acceptors (Lipinski definition) is 5. The molecule has 2 aromatic heterocycles. The molecule has 0 saturated heterocycles. The van der Waals surface area contributed by atoms with Gasteiger partial charge in [0.15, 0.2) is 0 Å². The Bertz CT molecular complexity index is 440. The maximum absolute atomic E-state index is 5.98. The van der Waals surface area contributed by atoms with Crippen LogP contribution in [0.15, 0.2) is 24.8 Å². The van der Waals surface area contributed by atoms with Crippen molar-refractivity contribution in [3.8, 4) is 0 Å². The number of nitrogens with one attached hydrogen (secondary N) is 1. The van der Waals surface area contributed by atoms with Crippen LogP contribution in [0.5, 0.6) is 0 Å². The Labute approximate surface area is 91.1 Å². The first-order valence-electron chi connectivity index (χ1n) is 4.24. The van der Waals surface area contributed by atoms with Gasteiger partial charge in [-0.15, -0.1) is 0 Å². The fraction of sp³-hybridized carbons (Fsp3) is 0.125. The molecule has 2 rings (SSSR count). The summed E-state index contributed by atoms with van der Waals surface area (Å²) in [5, 5.41) is 4.54. The maximum atomic E-state index is 5.98. The van der Waals surface area contributed by atoms with Crippen molar-refractivity contribution >= 4 is 17.4 Å². The zero-order chi connectivity index (χ0) is 10.7. The molecule has 0 spiro atoms. The van der Waals surface area contributed by atoms with Gasteiger partial charge in [0.1, 0.15) is 18.5 Å². The predicted octanol–water partition coefficient (Wildman–Crippen LogP) is 0.660. The number of aromatic nitrogens is 4. The summed E-state index contributed by atoms with van der Waals surface area (Å²) in [6.45, 7) is 0.467. The largest absolute Gasteiger partial charge is 0.308 e. The summed E-state index contributed by atoms with van der Waals surface area (Å²) >= 11 is 5.98. The monoisotopic (exact) mass is 224 g/mol. The highest BCUT2D eigenvalue weighted by Gasteiger charge is 2.04. The first-order chi connectivity index (χ1) is 7.29. The fourth-order valence-corrected chi connectivity index (χ4v) is 1.31. The molecular weight excluding hydrogens is 216 g/mol. The smallest absolute Gasteiger partial charge is 0.140 e. The van der Waals surface area contributed by atoms with Gasteiger partial charge in [0, 0.05) is 0 Å². The molecule has 2 heterocycles. The van der Waals surface area contributed by atoms with E-state index in [0.29, 0.717) is 23.1 Å². The van der Waals surface area contributed by atoms with Crippen molar-refractivity contribution < 1.29 is 0 Å². The van der Waals surface area contributed by atoms with E-state index < -0.39 is 0 Å². The number of rotatable bonds is 3. The van der Waals surface area contributed by atoms with Crippen LogP contribution < -0.4 is 11.3 Å². The molecule has 6 nitrogen and oxygen atoms in total. The summed E-state index contributed by atoms with van der Waals surface area (Å²) in [6.07, 6.45) is 3.06. The molecule has 0 saturated carbocycles. The number of nitrogens with zero attached hydrogens (tertiary/aromatic N) is 4. The first-order valence-corrected chi connectivity index (χ1v) is 4.62. The lowest BCUT2D eigenvalue weighted by atomic mass is 10.3. The number of nitrogen functional groups attached to an aromatic ring is 1. The molecule has 0 aromatic carbocycles. The van der Waals surface area contributed by atoms with Gasteiger partial charge in [0.25, 0.3) is 0 Å². The van der Waals surface area contributed by atoms with Gasteiger partial charge in [-0.3, -0.25) is 0 Å². The topological polar surface area (TPSA) is 81.6 Å². The predicted molar refractivity (Wildman–Crippen MR) is 56.2 cm³/mol. The molecule has 2 aromatic rings. The summed E-state index contributed by atoms with van der Waals surface area (Å²) in [5.74, 6) is 5.82. The standard InChI is InChI=1S/C8H9ClN6/c9-6-1-2-8(14-10)13-7(6)3-15-5-11-4-12-15/h1-2,4-5H,3,10H2,(H,13,14). The van der Waals surface area contributed by atoms with Crippen molar-refractivity contribution in [3.63, 3.8) is 0 Å². The zero-order valence-corrected chi connectivity index (χ0v) is 8.52. The van der Waals surface area contributed by atoms with E-state index in [9.17, 15) is 0 Å². The summed E-state index contributed by atoms with van der Waals surface area (Å²) in [6, 6.07) is 3.43. The van der Waals surface area contributed by atoms with Crippen LogP contribution in [0.4, 0.5) is 5.82 Å². The van der Waals surface area contributed by atoms with Crippen molar-refractivity contribution in [1.29, 1.82) is 0 Å². The third-order valence-corrected chi connectivity index (χ3v) is 2.19. The van der Waals surface area contributed by atoms with Gasteiger partial charge in [0.05, 0.1) is 17.3 Å². The second-order valence-electron chi connectivity index (χ2n) is 2.86. The van der Waals surface area contributed by atoms with Crippen LogP contribution in [0.3, 0.4) is 0 Å². The number of pyridine rings is 1. The molecule has 0 aliphatic rings. The molecule has 7 heteroatoms. The lowest BCUT2D eigenvalue weighted by Crippen LogP contribution is -2.11. The van der Waals surface area contributed by atoms with Gasteiger partial charge in [-0.1, -0.05) is 11.6 Å². The van der Waals surface area contributed by atoms with E-state index in [-0.39, 0.29) is 0 Å². The van der Waals surface area contributed by atoms with Crippen LogP contribution in [-0.4, -0.2) is 19.7 Å².